The van der Waals surface area contributed by atoms with Crippen LogP contribution in [0.25, 0.3) is 0 Å². The maximum atomic E-state index is 13.1. The number of ketones is 1. The normalized spacial score (nSPS) is 28.6. The first kappa shape index (κ1) is 18.8. The molecular weight excluding hydrogens is 358 g/mol. The first-order chi connectivity index (χ1) is 13.2. The Balaban J connectivity index is 1.58. The van der Waals surface area contributed by atoms with Crippen LogP contribution in [0, 0.1) is 29.1 Å². The van der Waals surface area contributed by atoms with Gasteiger partial charge >= 0.3 is 5.97 Å². The number of benzene rings is 1. The van der Waals surface area contributed by atoms with Crippen molar-refractivity contribution < 1.29 is 23.9 Å². The number of ether oxygens (including phenoxy) is 1. The molecule has 1 aromatic carbocycles. The fourth-order valence-corrected chi connectivity index (χ4v) is 4.91. The zero-order valence-corrected chi connectivity index (χ0v) is 16.4. The molecule has 0 radical (unpaired) electrons. The number of carbonyl (C=O) groups is 4. The van der Waals surface area contributed by atoms with Gasteiger partial charge in [0, 0.05) is 5.41 Å². The molecule has 1 aromatic rings. The third-order valence-electron chi connectivity index (χ3n) is 6.46. The van der Waals surface area contributed by atoms with Crippen molar-refractivity contribution >= 4 is 29.3 Å². The van der Waals surface area contributed by atoms with E-state index in [9.17, 15) is 19.2 Å². The van der Waals surface area contributed by atoms with Gasteiger partial charge in [-0.2, -0.15) is 0 Å². The second kappa shape index (κ2) is 6.54. The molecule has 6 heteroatoms. The molecule has 2 saturated carbocycles. The molecular formula is C22H25NO5. The van der Waals surface area contributed by atoms with Crippen LogP contribution in [-0.4, -0.2) is 30.2 Å². The third-order valence-corrected chi connectivity index (χ3v) is 6.46. The third kappa shape index (κ3) is 2.86. The number of Topliss-reactive ketones (excluding diaryl/α,β-unsaturated/α-hetero) is 1. The van der Waals surface area contributed by atoms with Crippen LogP contribution in [0.4, 0.5) is 5.69 Å². The molecule has 2 bridgehead atoms. The number of nitrogens with zero attached hydrogens (tertiary/aromatic N) is 1. The topological polar surface area (TPSA) is 80.8 Å². The minimum Gasteiger partial charge on any atom is -0.454 e. The molecule has 2 aliphatic carbocycles. The number of amides is 2. The minimum atomic E-state index is -0.700. The summed E-state index contributed by atoms with van der Waals surface area (Å²) < 4.78 is 5.20. The molecule has 6 nitrogen and oxygen atoms in total. The minimum absolute atomic E-state index is 0.137. The maximum Gasteiger partial charge on any atom is 0.340 e. The van der Waals surface area contributed by atoms with Crippen LogP contribution in [0.2, 0.25) is 0 Å². The molecule has 3 fully saturated rings. The Labute approximate surface area is 164 Å². The van der Waals surface area contributed by atoms with Crippen molar-refractivity contribution in [2.24, 2.45) is 29.1 Å². The monoisotopic (exact) mass is 383 g/mol. The summed E-state index contributed by atoms with van der Waals surface area (Å²) in [5.74, 6) is -1.25. The molecule has 3 aliphatic rings. The Morgan fingerprint density at radius 3 is 2.18 bits per heavy atom. The molecule has 1 heterocycles. The number of rotatable bonds is 4. The van der Waals surface area contributed by atoms with E-state index in [1.807, 2.05) is 0 Å². The second-order valence-corrected chi connectivity index (χ2v) is 9.16. The highest BCUT2D eigenvalue weighted by Crippen LogP contribution is 2.56. The van der Waals surface area contributed by atoms with Gasteiger partial charge in [-0.25, -0.2) is 9.69 Å². The van der Waals surface area contributed by atoms with E-state index in [2.05, 4.69) is 0 Å². The van der Waals surface area contributed by atoms with Crippen LogP contribution in [0.3, 0.4) is 0 Å². The van der Waals surface area contributed by atoms with Crippen molar-refractivity contribution in [1.82, 2.24) is 0 Å². The lowest BCUT2D eigenvalue weighted by Gasteiger charge is -2.20. The summed E-state index contributed by atoms with van der Waals surface area (Å²) in [6.07, 6.45) is 2.95. The average molecular weight is 383 g/mol. The Kier molecular flexibility index (Phi) is 4.40. The standard InChI is InChI=1S/C22H25NO5/c1-22(2,3)16(24)11-28-21(27)14-6-4-5-7-15(14)23-19(25)17-12-8-9-13(10-12)18(17)20(23)26/h4-7,12-13,17-18H,8-11H2,1-3H3. The number of fused-ring (bicyclic) bond motifs is 5. The van der Waals surface area contributed by atoms with Crippen molar-refractivity contribution in [1.29, 1.82) is 0 Å². The molecule has 148 valence electrons. The van der Waals surface area contributed by atoms with Gasteiger partial charge < -0.3 is 4.74 Å². The summed E-state index contributed by atoms with van der Waals surface area (Å²) in [5.41, 5.74) is -0.213. The molecule has 28 heavy (non-hydrogen) atoms. The van der Waals surface area contributed by atoms with E-state index in [1.165, 1.54) is 11.0 Å². The lowest BCUT2D eigenvalue weighted by molar-refractivity contribution is -0.129. The van der Waals surface area contributed by atoms with E-state index in [-0.39, 0.29) is 59.1 Å². The van der Waals surface area contributed by atoms with Crippen LogP contribution >= 0.6 is 0 Å². The van der Waals surface area contributed by atoms with Gasteiger partial charge in [-0.15, -0.1) is 0 Å². The number of hydrogen-bond acceptors (Lipinski definition) is 5. The molecule has 2 amide bonds. The van der Waals surface area contributed by atoms with Gasteiger partial charge in [0.25, 0.3) is 0 Å². The highest BCUT2D eigenvalue weighted by atomic mass is 16.5. The van der Waals surface area contributed by atoms with Crippen molar-refractivity contribution in [3.63, 3.8) is 0 Å². The predicted octanol–water partition coefficient (Wildman–Crippen LogP) is 2.99. The van der Waals surface area contributed by atoms with Crippen LogP contribution in [-0.2, 0) is 19.1 Å². The maximum absolute atomic E-state index is 13.1. The van der Waals surface area contributed by atoms with E-state index in [1.54, 1.807) is 39.0 Å². The SMILES string of the molecule is CC(C)(C)C(=O)COC(=O)c1ccccc1N1C(=O)C2C3CCC(C3)C2C1=O. The highest BCUT2D eigenvalue weighted by molar-refractivity contribution is 6.24. The van der Waals surface area contributed by atoms with E-state index < -0.39 is 11.4 Å². The van der Waals surface area contributed by atoms with Crippen molar-refractivity contribution in [3.05, 3.63) is 29.8 Å². The molecule has 0 N–H and O–H groups in total. The summed E-state index contributed by atoms with van der Waals surface area (Å²) in [6, 6.07) is 6.47. The first-order valence-corrected chi connectivity index (χ1v) is 9.87. The van der Waals surface area contributed by atoms with Gasteiger partial charge in [0.2, 0.25) is 11.8 Å². The first-order valence-electron chi connectivity index (χ1n) is 9.87. The second-order valence-electron chi connectivity index (χ2n) is 9.16. The van der Waals surface area contributed by atoms with Crippen LogP contribution < -0.4 is 4.90 Å². The largest absolute Gasteiger partial charge is 0.454 e. The van der Waals surface area contributed by atoms with Crippen LogP contribution in [0.1, 0.15) is 50.4 Å². The zero-order valence-electron chi connectivity index (χ0n) is 16.4. The Hall–Kier alpha value is -2.50. The quantitative estimate of drug-likeness (QED) is 0.590. The lowest BCUT2D eigenvalue weighted by Crippen LogP contribution is -2.34. The van der Waals surface area contributed by atoms with Crippen LogP contribution in [0.5, 0.6) is 0 Å². The lowest BCUT2D eigenvalue weighted by atomic mass is 9.81. The van der Waals surface area contributed by atoms with E-state index in [4.69, 9.17) is 4.74 Å². The number of hydrogen-bond donors (Lipinski definition) is 0. The van der Waals surface area contributed by atoms with E-state index >= 15 is 0 Å². The number of esters is 1. The molecule has 4 rings (SSSR count). The molecule has 0 aromatic heterocycles. The molecule has 4 unspecified atom stereocenters. The van der Waals surface area contributed by atoms with Gasteiger partial charge in [-0.1, -0.05) is 32.9 Å². The number of carbonyl (C=O) groups excluding carboxylic acids is 4. The average Bonchev–Trinajstić information content (AvgIpc) is 3.32. The zero-order chi connectivity index (χ0) is 20.2. The van der Waals surface area contributed by atoms with E-state index in [0.717, 1.165) is 19.3 Å². The number of para-hydroxylation sites is 1. The fraction of sp³-hybridized carbons (Fsp3) is 0.545. The Bertz CT molecular complexity index is 840. The van der Waals surface area contributed by atoms with Gasteiger partial charge in [0.1, 0.15) is 0 Å². The number of anilines is 1. The molecule has 0 spiro atoms. The van der Waals surface area contributed by atoms with Crippen molar-refractivity contribution in [3.8, 4) is 0 Å². The smallest absolute Gasteiger partial charge is 0.340 e. The summed E-state index contributed by atoms with van der Waals surface area (Å²) >= 11 is 0. The molecule has 1 aliphatic heterocycles. The summed E-state index contributed by atoms with van der Waals surface area (Å²) in [6.45, 7) is 4.93. The van der Waals surface area contributed by atoms with Gasteiger partial charge in [0.05, 0.1) is 23.1 Å². The summed E-state index contributed by atoms with van der Waals surface area (Å²) in [4.78, 5) is 52.0. The van der Waals surface area contributed by atoms with E-state index in [0.29, 0.717) is 0 Å². The van der Waals surface area contributed by atoms with Crippen LogP contribution in [0.15, 0.2) is 24.3 Å². The Morgan fingerprint density at radius 1 is 1.04 bits per heavy atom. The predicted molar refractivity (Wildman–Crippen MR) is 101 cm³/mol. The highest BCUT2D eigenvalue weighted by Gasteiger charge is 2.61. The molecule has 4 atom stereocenters. The van der Waals surface area contributed by atoms with Crippen molar-refractivity contribution in [2.75, 3.05) is 11.5 Å². The Morgan fingerprint density at radius 2 is 1.61 bits per heavy atom. The van der Waals surface area contributed by atoms with Gasteiger partial charge in [-0.3, -0.25) is 14.4 Å². The van der Waals surface area contributed by atoms with Crippen molar-refractivity contribution in [2.45, 2.75) is 40.0 Å². The van der Waals surface area contributed by atoms with Gasteiger partial charge in [-0.05, 0) is 43.2 Å². The summed E-state index contributed by atoms with van der Waals surface area (Å²) in [7, 11) is 0. The number of imide groups is 1. The fourth-order valence-electron chi connectivity index (χ4n) is 4.91. The molecule has 1 saturated heterocycles. The summed E-state index contributed by atoms with van der Waals surface area (Å²) in [5, 5.41) is 0. The van der Waals surface area contributed by atoms with Gasteiger partial charge in [0.15, 0.2) is 12.4 Å².